The molecular weight excluding hydrogens is 318 g/mol. The Morgan fingerprint density at radius 3 is 2.60 bits per heavy atom. The SMILES string of the molecule is COCC1(CC(N)=O)CN(Cc2ccc(N3CCCC3)cc2)CCO1. The maximum atomic E-state index is 11.4. The summed E-state index contributed by atoms with van der Waals surface area (Å²) in [6.45, 7) is 5.62. The summed E-state index contributed by atoms with van der Waals surface area (Å²) in [6, 6.07) is 8.84. The zero-order valence-corrected chi connectivity index (χ0v) is 15.1. The summed E-state index contributed by atoms with van der Waals surface area (Å²) in [6.07, 6.45) is 2.76. The molecule has 0 bridgehead atoms. The van der Waals surface area contributed by atoms with Crippen molar-refractivity contribution in [2.24, 2.45) is 5.73 Å². The summed E-state index contributed by atoms with van der Waals surface area (Å²) < 4.78 is 11.2. The summed E-state index contributed by atoms with van der Waals surface area (Å²) in [7, 11) is 1.63. The molecule has 0 radical (unpaired) electrons. The van der Waals surface area contributed by atoms with Gasteiger partial charge in [-0.2, -0.15) is 0 Å². The van der Waals surface area contributed by atoms with E-state index in [9.17, 15) is 4.79 Å². The molecule has 0 saturated carbocycles. The highest BCUT2D eigenvalue weighted by atomic mass is 16.5. The number of nitrogens with two attached hydrogens (primary N) is 1. The number of ether oxygens (including phenoxy) is 2. The van der Waals surface area contributed by atoms with Gasteiger partial charge in [0, 0.05) is 45.5 Å². The number of carbonyl (C=O) groups is 1. The van der Waals surface area contributed by atoms with E-state index in [1.807, 2.05) is 0 Å². The Bertz CT molecular complexity index is 568. The van der Waals surface area contributed by atoms with Gasteiger partial charge in [0.15, 0.2) is 0 Å². The van der Waals surface area contributed by atoms with Gasteiger partial charge < -0.3 is 20.1 Å². The molecule has 1 unspecified atom stereocenters. The number of morpholine rings is 1. The number of rotatable bonds is 7. The van der Waals surface area contributed by atoms with E-state index in [2.05, 4.69) is 34.1 Å². The Labute approximate surface area is 149 Å². The Morgan fingerprint density at radius 2 is 1.96 bits per heavy atom. The second-order valence-corrected chi connectivity index (χ2v) is 7.18. The molecule has 1 amide bonds. The lowest BCUT2D eigenvalue weighted by molar-refractivity contribution is -0.154. The molecule has 25 heavy (non-hydrogen) atoms. The Hall–Kier alpha value is -1.63. The number of primary amides is 1. The van der Waals surface area contributed by atoms with Gasteiger partial charge in [-0.05, 0) is 30.5 Å². The highest BCUT2D eigenvalue weighted by Gasteiger charge is 2.38. The van der Waals surface area contributed by atoms with Crippen molar-refractivity contribution in [3.05, 3.63) is 29.8 Å². The molecule has 0 aromatic heterocycles. The van der Waals surface area contributed by atoms with Crippen LogP contribution in [0.3, 0.4) is 0 Å². The summed E-state index contributed by atoms with van der Waals surface area (Å²) in [5, 5.41) is 0. The first-order chi connectivity index (χ1) is 12.1. The summed E-state index contributed by atoms with van der Waals surface area (Å²) in [5.41, 5.74) is 7.37. The molecule has 3 rings (SSSR count). The van der Waals surface area contributed by atoms with Crippen LogP contribution in [0.1, 0.15) is 24.8 Å². The predicted octanol–water partition coefficient (Wildman–Crippen LogP) is 1.38. The molecule has 0 spiro atoms. The van der Waals surface area contributed by atoms with Crippen molar-refractivity contribution in [2.45, 2.75) is 31.4 Å². The minimum Gasteiger partial charge on any atom is -0.382 e. The van der Waals surface area contributed by atoms with E-state index in [-0.39, 0.29) is 12.3 Å². The van der Waals surface area contributed by atoms with E-state index >= 15 is 0 Å². The molecule has 1 aromatic rings. The van der Waals surface area contributed by atoms with Crippen molar-refractivity contribution < 1.29 is 14.3 Å². The third-order valence-electron chi connectivity index (χ3n) is 5.05. The highest BCUT2D eigenvalue weighted by Crippen LogP contribution is 2.25. The van der Waals surface area contributed by atoms with Gasteiger partial charge in [0.2, 0.25) is 5.91 Å². The molecule has 6 heteroatoms. The van der Waals surface area contributed by atoms with Gasteiger partial charge in [-0.1, -0.05) is 12.1 Å². The van der Waals surface area contributed by atoms with Gasteiger partial charge >= 0.3 is 0 Å². The summed E-state index contributed by atoms with van der Waals surface area (Å²) in [5.74, 6) is -0.353. The summed E-state index contributed by atoms with van der Waals surface area (Å²) in [4.78, 5) is 16.2. The molecule has 2 fully saturated rings. The molecule has 0 aliphatic carbocycles. The van der Waals surface area contributed by atoms with Gasteiger partial charge in [-0.3, -0.25) is 9.69 Å². The minimum absolute atomic E-state index is 0.186. The lowest BCUT2D eigenvalue weighted by Crippen LogP contribution is -2.55. The van der Waals surface area contributed by atoms with Crippen molar-refractivity contribution in [3.8, 4) is 0 Å². The molecule has 1 atom stereocenters. The normalized spacial score (nSPS) is 24.6. The van der Waals surface area contributed by atoms with Crippen LogP contribution in [-0.4, -0.2) is 62.9 Å². The molecule has 1 aromatic carbocycles. The van der Waals surface area contributed by atoms with E-state index < -0.39 is 5.60 Å². The zero-order chi connectivity index (χ0) is 17.7. The maximum absolute atomic E-state index is 11.4. The number of carbonyl (C=O) groups excluding carboxylic acids is 1. The molecule has 6 nitrogen and oxygen atoms in total. The average Bonchev–Trinajstić information content (AvgIpc) is 3.10. The van der Waals surface area contributed by atoms with E-state index in [1.165, 1.54) is 24.1 Å². The van der Waals surface area contributed by atoms with Crippen LogP contribution >= 0.6 is 0 Å². The van der Waals surface area contributed by atoms with E-state index in [0.717, 1.165) is 26.2 Å². The molecule has 2 aliphatic rings. The first-order valence-corrected chi connectivity index (χ1v) is 9.08. The van der Waals surface area contributed by atoms with Gasteiger partial charge in [-0.25, -0.2) is 0 Å². The topological polar surface area (TPSA) is 68.0 Å². The lowest BCUT2D eigenvalue weighted by atomic mass is 9.97. The van der Waals surface area contributed by atoms with Crippen LogP contribution in [0, 0.1) is 0 Å². The Balaban J connectivity index is 1.62. The van der Waals surface area contributed by atoms with Gasteiger partial charge in [0.25, 0.3) is 0 Å². The number of nitrogens with zero attached hydrogens (tertiary/aromatic N) is 2. The number of hydrogen-bond acceptors (Lipinski definition) is 5. The minimum atomic E-state index is -0.631. The predicted molar refractivity (Wildman–Crippen MR) is 97.5 cm³/mol. The van der Waals surface area contributed by atoms with E-state index in [4.69, 9.17) is 15.2 Å². The first-order valence-electron chi connectivity index (χ1n) is 9.08. The van der Waals surface area contributed by atoms with Crippen molar-refractivity contribution in [1.29, 1.82) is 0 Å². The van der Waals surface area contributed by atoms with Crippen molar-refractivity contribution >= 4 is 11.6 Å². The summed E-state index contributed by atoms with van der Waals surface area (Å²) >= 11 is 0. The molecule has 2 N–H and O–H groups in total. The third kappa shape index (κ3) is 4.71. The molecular formula is C19H29N3O3. The number of hydrogen-bond donors (Lipinski definition) is 1. The fraction of sp³-hybridized carbons (Fsp3) is 0.632. The van der Waals surface area contributed by atoms with Crippen LogP contribution in [0.2, 0.25) is 0 Å². The van der Waals surface area contributed by atoms with E-state index in [1.54, 1.807) is 7.11 Å². The largest absolute Gasteiger partial charge is 0.382 e. The van der Waals surface area contributed by atoms with Crippen molar-refractivity contribution in [3.63, 3.8) is 0 Å². The quantitative estimate of drug-likeness (QED) is 0.807. The molecule has 2 heterocycles. The van der Waals surface area contributed by atoms with Crippen LogP contribution < -0.4 is 10.6 Å². The van der Waals surface area contributed by atoms with E-state index in [0.29, 0.717) is 19.8 Å². The number of benzene rings is 1. The molecule has 2 aliphatic heterocycles. The van der Waals surface area contributed by atoms with Gasteiger partial charge in [-0.15, -0.1) is 0 Å². The lowest BCUT2D eigenvalue weighted by Gasteiger charge is -2.42. The van der Waals surface area contributed by atoms with Gasteiger partial charge in [0.05, 0.1) is 19.6 Å². The van der Waals surface area contributed by atoms with Crippen molar-refractivity contribution in [1.82, 2.24) is 4.90 Å². The Kier molecular flexibility index (Phi) is 5.93. The standard InChI is InChI=1S/C19H29N3O3/c1-24-15-19(12-18(20)23)14-21(10-11-25-19)13-16-4-6-17(7-5-16)22-8-2-3-9-22/h4-7H,2-3,8-15H2,1H3,(H2,20,23). The van der Waals surface area contributed by atoms with Gasteiger partial charge in [0.1, 0.15) is 5.60 Å². The van der Waals surface area contributed by atoms with Crippen LogP contribution in [0.5, 0.6) is 0 Å². The molecule has 138 valence electrons. The number of amides is 1. The number of methoxy groups -OCH3 is 1. The number of anilines is 1. The fourth-order valence-electron chi connectivity index (χ4n) is 3.93. The smallest absolute Gasteiger partial charge is 0.220 e. The van der Waals surface area contributed by atoms with Crippen LogP contribution in [0.4, 0.5) is 5.69 Å². The second kappa shape index (κ2) is 8.17. The van der Waals surface area contributed by atoms with Crippen molar-refractivity contribution in [2.75, 3.05) is 51.4 Å². The first kappa shape index (κ1) is 18.2. The second-order valence-electron chi connectivity index (χ2n) is 7.18. The van der Waals surface area contributed by atoms with Crippen LogP contribution in [-0.2, 0) is 20.8 Å². The maximum Gasteiger partial charge on any atom is 0.220 e. The van der Waals surface area contributed by atoms with Crippen LogP contribution in [0.15, 0.2) is 24.3 Å². The zero-order valence-electron chi connectivity index (χ0n) is 15.1. The fourth-order valence-corrected chi connectivity index (χ4v) is 3.93. The van der Waals surface area contributed by atoms with Crippen LogP contribution in [0.25, 0.3) is 0 Å². The third-order valence-corrected chi connectivity index (χ3v) is 5.05. The molecule has 2 saturated heterocycles. The Morgan fingerprint density at radius 1 is 1.24 bits per heavy atom. The average molecular weight is 347 g/mol. The monoisotopic (exact) mass is 347 g/mol. The highest BCUT2D eigenvalue weighted by molar-refractivity contribution is 5.75.